The van der Waals surface area contributed by atoms with E-state index in [1.54, 1.807) is 7.11 Å². The number of aromatic nitrogens is 1. The molecular formula is C14H19NO. The molecule has 0 aliphatic carbocycles. The minimum absolute atomic E-state index is 0.929. The van der Waals surface area contributed by atoms with Crippen LogP contribution in [0.25, 0.3) is 10.9 Å². The molecule has 0 bridgehead atoms. The van der Waals surface area contributed by atoms with Crippen molar-refractivity contribution in [2.75, 3.05) is 7.11 Å². The number of aryl methyl sites for hydroxylation is 2. The molecule has 1 heterocycles. The maximum absolute atomic E-state index is 5.37. The molecule has 2 heteroatoms. The molecule has 2 rings (SSSR count). The first kappa shape index (κ1) is 12.5. The number of rotatable bonds is 1. The fraction of sp³-hybridized carbons (Fsp3) is 0.357. The summed E-state index contributed by atoms with van der Waals surface area (Å²) in [5, 5.41) is 1.09. The molecule has 2 aromatic rings. The molecule has 86 valence electrons. The molecule has 0 spiro atoms. The smallest absolute Gasteiger partial charge is 0.132 e. The Labute approximate surface area is 97.3 Å². The van der Waals surface area contributed by atoms with Crippen molar-refractivity contribution >= 4 is 10.9 Å². The summed E-state index contributed by atoms with van der Waals surface area (Å²) in [5.41, 5.74) is 3.28. The van der Waals surface area contributed by atoms with E-state index in [-0.39, 0.29) is 0 Å². The average Bonchev–Trinajstić information content (AvgIpc) is 2.32. The highest BCUT2D eigenvalue weighted by Gasteiger charge is 2.06. The van der Waals surface area contributed by atoms with Crippen molar-refractivity contribution in [1.82, 2.24) is 4.98 Å². The number of nitrogens with zero attached hydrogens (tertiary/aromatic N) is 1. The fourth-order valence-corrected chi connectivity index (χ4v) is 1.72. The molecule has 0 aliphatic heterocycles. The third-order valence-electron chi connectivity index (χ3n) is 2.43. The van der Waals surface area contributed by atoms with Gasteiger partial charge in [0.25, 0.3) is 0 Å². The van der Waals surface area contributed by atoms with E-state index < -0.39 is 0 Å². The summed E-state index contributed by atoms with van der Waals surface area (Å²) in [4.78, 5) is 4.41. The van der Waals surface area contributed by atoms with Crippen molar-refractivity contribution in [1.29, 1.82) is 0 Å². The molecule has 0 saturated carbocycles. The molecule has 0 unspecified atom stereocenters. The van der Waals surface area contributed by atoms with E-state index in [9.17, 15) is 0 Å². The lowest BCUT2D eigenvalue weighted by Crippen LogP contribution is -1.92. The van der Waals surface area contributed by atoms with Gasteiger partial charge in [-0.05, 0) is 25.5 Å². The Morgan fingerprint density at radius 1 is 1.06 bits per heavy atom. The van der Waals surface area contributed by atoms with Crippen molar-refractivity contribution in [2.24, 2.45) is 0 Å². The zero-order valence-corrected chi connectivity index (χ0v) is 10.7. The van der Waals surface area contributed by atoms with Gasteiger partial charge in [0, 0.05) is 17.1 Å². The number of benzene rings is 1. The summed E-state index contributed by atoms with van der Waals surface area (Å²) in [6.07, 6.45) is 1.86. The first-order valence-electron chi connectivity index (χ1n) is 5.63. The largest absolute Gasteiger partial charge is 0.496 e. The van der Waals surface area contributed by atoms with E-state index in [4.69, 9.17) is 4.74 Å². The monoisotopic (exact) mass is 217 g/mol. The van der Waals surface area contributed by atoms with E-state index in [0.29, 0.717) is 0 Å². The van der Waals surface area contributed by atoms with Crippen LogP contribution in [0.15, 0.2) is 24.4 Å². The van der Waals surface area contributed by atoms with Gasteiger partial charge in [0.15, 0.2) is 0 Å². The number of pyridine rings is 1. The third kappa shape index (κ3) is 2.16. The second kappa shape index (κ2) is 5.50. The maximum Gasteiger partial charge on any atom is 0.132 e. The summed E-state index contributed by atoms with van der Waals surface area (Å²) in [6, 6.07) is 6.13. The van der Waals surface area contributed by atoms with E-state index in [0.717, 1.165) is 22.2 Å². The minimum Gasteiger partial charge on any atom is -0.496 e. The molecule has 0 N–H and O–H groups in total. The highest BCUT2D eigenvalue weighted by atomic mass is 16.5. The molecule has 0 aliphatic rings. The summed E-state index contributed by atoms with van der Waals surface area (Å²) < 4.78 is 5.37. The standard InChI is InChI=1S/C12H13NO.C2H6/c1-8-5-4-6-10-11(8)13-7-9(2)12(10)14-3;1-2/h4-7H,1-3H3;1-2H3. The van der Waals surface area contributed by atoms with Crippen molar-refractivity contribution in [3.8, 4) is 5.75 Å². The predicted octanol–water partition coefficient (Wildman–Crippen LogP) is 3.89. The van der Waals surface area contributed by atoms with E-state index >= 15 is 0 Å². The topological polar surface area (TPSA) is 22.1 Å². The lowest BCUT2D eigenvalue weighted by atomic mass is 10.1. The van der Waals surface area contributed by atoms with Gasteiger partial charge < -0.3 is 4.74 Å². The van der Waals surface area contributed by atoms with Gasteiger partial charge in [0.1, 0.15) is 5.75 Å². The number of fused-ring (bicyclic) bond motifs is 1. The van der Waals surface area contributed by atoms with E-state index in [2.05, 4.69) is 18.0 Å². The lowest BCUT2D eigenvalue weighted by Gasteiger charge is -2.09. The molecule has 0 fully saturated rings. The molecular weight excluding hydrogens is 198 g/mol. The normalized spacial score (nSPS) is 9.56. The molecule has 2 nitrogen and oxygen atoms in total. The van der Waals surface area contributed by atoms with Gasteiger partial charge >= 0.3 is 0 Å². The Morgan fingerprint density at radius 2 is 1.75 bits per heavy atom. The zero-order valence-electron chi connectivity index (χ0n) is 10.7. The Balaban J connectivity index is 0.000000606. The van der Waals surface area contributed by atoms with Crippen LogP contribution in [-0.4, -0.2) is 12.1 Å². The Hall–Kier alpha value is -1.57. The van der Waals surface area contributed by atoms with Crippen LogP contribution in [0.3, 0.4) is 0 Å². The summed E-state index contributed by atoms with van der Waals surface area (Å²) in [7, 11) is 1.70. The van der Waals surface area contributed by atoms with Crippen LogP contribution in [0, 0.1) is 13.8 Å². The van der Waals surface area contributed by atoms with Crippen LogP contribution in [0.2, 0.25) is 0 Å². The average molecular weight is 217 g/mol. The van der Waals surface area contributed by atoms with Crippen LogP contribution in [0.5, 0.6) is 5.75 Å². The molecule has 0 radical (unpaired) electrons. The summed E-state index contributed by atoms with van der Waals surface area (Å²) in [5.74, 6) is 0.929. The SMILES string of the molecule is CC.COc1c(C)cnc2c(C)cccc12. The molecule has 0 amide bonds. The van der Waals surface area contributed by atoms with Crippen LogP contribution in [-0.2, 0) is 0 Å². The maximum atomic E-state index is 5.37. The van der Waals surface area contributed by atoms with Crippen molar-refractivity contribution in [3.63, 3.8) is 0 Å². The van der Waals surface area contributed by atoms with Crippen molar-refractivity contribution in [3.05, 3.63) is 35.5 Å². The Bertz CT molecular complexity index is 477. The van der Waals surface area contributed by atoms with Gasteiger partial charge in [-0.1, -0.05) is 26.0 Å². The van der Waals surface area contributed by atoms with E-state index in [1.165, 1.54) is 5.56 Å². The van der Waals surface area contributed by atoms with Gasteiger partial charge in [0.2, 0.25) is 0 Å². The molecule has 0 atom stereocenters. The van der Waals surface area contributed by atoms with Gasteiger partial charge in [-0.3, -0.25) is 4.98 Å². The Morgan fingerprint density at radius 3 is 2.38 bits per heavy atom. The first-order valence-corrected chi connectivity index (χ1v) is 5.63. The van der Waals surface area contributed by atoms with Gasteiger partial charge in [-0.2, -0.15) is 0 Å². The van der Waals surface area contributed by atoms with Crippen LogP contribution >= 0.6 is 0 Å². The second-order valence-electron chi connectivity index (χ2n) is 3.45. The van der Waals surface area contributed by atoms with Crippen molar-refractivity contribution < 1.29 is 4.74 Å². The summed E-state index contributed by atoms with van der Waals surface area (Å²) >= 11 is 0. The molecule has 16 heavy (non-hydrogen) atoms. The quantitative estimate of drug-likeness (QED) is 0.723. The van der Waals surface area contributed by atoms with Crippen LogP contribution < -0.4 is 4.74 Å². The molecule has 1 aromatic heterocycles. The number of methoxy groups -OCH3 is 1. The van der Waals surface area contributed by atoms with Gasteiger partial charge in [-0.25, -0.2) is 0 Å². The zero-order chi connectivity index (χ0) is 12.1. The minimum atomic E-state index is 0.929. The van der Waals surface area contributed by atoms with Gasteiger partial charge in [-0.15, -0.1) is 0 Å². The Kier molecular flexibility index (Phi) is 4.29. The fourth-order valence-electron chi connectivity index (χ4n) is 1.72. The second-order valence-corrected chi connectivity index (χ2v) is 3.45. The lowest BCUT2D eigenvalue weighted by molar-refractivity contribution is 0.416. The third-order valence-corrected chi connectivity index (χ3v) is 2.43. The van der Waals surface area contributed by atoms with Crippen LogP contribution in [0.4, 0.5) is 0 Å². The number of hydrogen-bond acceptors (Lipinski definition) is 2. The number of hydrogen-bond donors (Lipinski definition) is 0. The van der Waals surface area contributed by atoms with E-state index in [1.807, 2.05) is 39.1 Å². The van der Waals surface area contributed by atoms with Gasteiger partial charge in [0.05, 0.1) is 12.6 Å². The van der Waals surface area contributed by atoms with Crippen LogP contribution in [0.1, 0.15) is 25.0 Å². The number of para-hydroxylation sites is 1. The number of ether oxygens (including phenoxy) is 1. The summed E-state index contributed by atoms with van der Waals surface area (Å²) in [6.45, 7) is 8.07. The van der Waals surface area contributed by atoms with Crippen molar-refractivity contribution in [2.45, 2.75) is 27.7 Å². The highest BCUT2D eigenvalue weighted by Crippen LogP contribution is 2.28. The first-order chi connectivity index (χ1) is 7.74. The molecule has 1 aromatic carbocycles. The molecule has 0 saturated heterocycles. The highest BCUT2D eigenvalue weighted by molar-refractivity contribution is 5.88. The predicted molar refractivity (Wildman–Crippen MR) is 69.1 cm³/mol.